The molecule has 1 aromatic rings. The fourth-order valence-electron chi connectivity index (χ4n) is 1.00. The smallest absolute Gasteiger partial charge is 0.405 e. The number of Topliss-reactive ketones (excluding diaryl/α,β-unsaturated/α-hetero) is 1. The van der Waals surface area contributed by atoms with Gasteiger partial charge in [0.1, 0.15) is 5.75 Å². The van der Waals surface area contributed by atoms with Gasteiger partial charge in [0.25, 0.3) is 0 Å². The summed E-state index contributed by atoms with van der Waals surface area (Å²) in [4.78, 5) is 11.3. The van der Waals surface area contributed by atoms with E-state index in [0.29, 0.717) is 0 Å². The summed E-state index contributed by atoms with van der Waals surface area (Å²) in [5.41, 5.74) is 0.123. The lowest BCUT2D eigenvalue weighted by atomic mass is 10.1. The van der Waals surface area contributed by atoms with Crippen LogP contribution in [0.25, 0.3) is 0 Å². The maximum Gasteiger partial charge on any atom is 0.573 e. The summed E-state index contributed by atoms with van der Waals surface area (Å²) in [5, 5.41) is 0. The fraction of sp³-hybridized carbons (Fsp3) is 0.222. The zero-order chi connectivity index (χ0) is 12.3. The van der Waals surface area contributed by atoms with Crippen LogP contribution in [0, 0.1) is 3.57 Å². The van der Waals surface area contributed by atoms with Gasteiger partial charge in [0, 0.05) is 5.56 Å². The minimum absolute atomic E-state index is 0.100. The molecule has 1 aromatic carbocycles. The van der Waals surface area contributed by atoms with Crippen molar-refractivity contribution in [3.05, 3.63) is 27.3 Å². The summed E-state index contributed by atoms with van der Waals surface area (Å²) >= 11 is 6.94. The van der Waals surface area contributed by atoms with Gasteiger partial charge >= 0.3 is 6.36 Å². The SMILES string of the molecule is O=C(CCl)c1cccc(OC(F)(F)F)c1I. The number of ether oxygens (including phenoxy) is 1. The molecule has 0 heterocycles. The van der Waals surface area contributed by atoms with E-state index in [1.165, 1.54) is 12.1 Å². The van der Waals surface area contributed by atoms with Gasteiger partial charge in [-0.2, -0.15) is 0 Å². The van der Waals surface area contributed by atoms with Crippen LogP contribution in [0.2, 0.25) is 0 Å². The predicted octanol–water partition coefficient (Wildman–Crippen LogP) is 3.61. The first-order chi connectivity index (χ1) is 7.35. The number of halogens is 5. The van der Waals surface area contributed by atoms with E-state index in [0.717, 1.165) is 6.07 Å². The van der Waals surface area contributed by atoms with Crippen LogP contribution in [-0.4, -0.2) is 18.0 Å². The summed E-state index contributed by atoms with van der Waals surface area (Å²) in [6.07, 6.45) is -4.78. The number of carbonyl (C=O) groups excluding carboxylic acids is 1. The van der Waals surface area contributed by atoms with E-state index >= 15 is 0 Å². The molecule has 0 radical (unpaired) electrons. The molecule has 0 N–H and O–H groups in total. The quantitative estimate of drug-likeness (QED) is 0.465. The molecule has 88 valence electrons. The van der Waals surface area contributed by atoms with E-state index in [2.05, 4.69) is 4.74 Å². The molecule has 2 nitrogen and oxygen atoms in total. The van der Waals surface area contributed by atoms with Crippen LogP contribution in [0.4, 0.5) is 13.2 Å². The maximum absolute atomic E-state index is 12.0. The molecule has 16 heavy (non-hydrogen) atoms. The highest BCUT2D eigenvalue weighted by molar-refractivity contribution is 14.1. The molecule has 0 aliphatic carbocycles. The van der Waals surface area contributed by atoms with Crippen molar-refractivity contribution in [3.63, 3.8) is 0 Å². The Bertz CT molecular complexity index is 406. The Labute approximate surface area is 108 Å². The monoisotopic (exact) mass is 364 g/mol. The van der Waals surface area contributed by atoms with Gasteiger partial charge in [-0.25, -0.2) is 0 Å². The molecule has 0 bridgehead atoms. The molecule has 0 aliphatic rings. The van der Waals surface area contributed by atoms with Crippen LogP contribution in [0.15, 0.2) is 18.2 Å². The van der Waals surface area contributed by atoms with Crippen molar-refractivity contribution in [2.24, 2.45) is 0 Å². The molecule has 7 heteroatoms. The van der Waals surface area contributed by atoms with Crippen molar-refractivity contribution in [3.8, 4) is 5.75 Å². The molecule has 0 atom stereocenters. The second-order valence-corrected chi connectivity index (χ2v) is 4.07. The number of carbonyl (C=O) groups is 1. The lowest BCUT2D eigenvalue weighted by Crippen LogP contribution is -2.18. The van der Waals surface area contributed by atoms with Gasteiger partial charge in [0.15, 0.2) is 5.78 Å². The van der Waals surface area contributed by atoms with Crippen LogP contribution in [0.5, 0.6) is 5.75 Å². The maximum atomic E-state index is 12.0. The lowest BCUT2D eigenvalue weighted by molar-refractivity contribution is -0.274. The van der Waals surface area contributed by atoms with Crippen molar-refractivity contribution in [1.29, 1.82) is 0 Å². The van der Waals surface area contributed by atoms with E-state index in [-0.39, 0.29) is 15.0 Å². The van der Waals surface area contributed by atoms with Crippen molar-refractivity contribution >= 4 is 40.0 Å². The minimum Gasteiger partial charge on any atom is -0.405 e. The van der Waals surface area contributed by atoms with Crippen molar-refractivity contribution in [2.45, 2.75) is 6.36 Å². The summed E-state index contributed by atoms with van der Waals surface area (Å²) in [6.45, 7) is 0. The van der Waals surface area contributed by atoms with Crippen LogP contribution in [-0.2, 0) is 0 Å². The molecule has 0 aliphatic heterocycles. The summed E-state index contributed by atoms with van der Waals surface area (Å²) < 4.78 is 39.9. The van der Waals surface area contributed by atoms with E-state index < -0.39 is 17.9 Å². The van der Waals surface area contributed by atoms with Crippen molar-refractivity contribution < 1.29 is 22.7 Å². The Hall–Kier alpha value is -0.500. The number of hydrogen-bond acceptors (Lipinski definition) is 2. The Balaban J connectivity index is 3.09. The number of ketones is 1. The molecule has 0 saturated heterocycles. The van der Waals surface area contributed by atoms with Gasteiger partial charge in [-0.05, 0) is 28.7 Å². The Morgan fingerprint density at radius 1 is 1.44 bits per heavy atom. The van der Waals surface area contributed by atoms with Gasteiger partial charge in [-0.15, -0.1) is 24.8 Å². The van der Waals surface area contributed by atoms with Crippen molar-refractivity contribution in [1.82, 2.24) is 0 Å². The molecule has 0 amide bonds. The minimum atomic E-state index is -4.78. The Morgan fingerprint density at radius 2 is 2.06 bits per heavy atom. The van der Waals surface area contributed by atoms with Gasteiger partial charge in [-0.1, -0.05) is 12.1 Å². The molecular formula is C9H5ClF3IO2. The molecule has 0 fully saturated rings. The highest BCUT2D eigenvalue weighted by atomic mass is 127. The van der Waals surface area contributed by atoms with E-state index in [4.69, 9.17) is 11.6 Å². The van der Waals surface area contributed by atoms with Crippen LogP contribution in [0.3, 0.4) is 0 Å². The average molecular weight is 364 g/mol. The van der Waals surface area contributed by atoms with Gasteiger partial charge in [0.05, 0.1) is 9.45 Å². The molecule has 0 aromatic heterocycles. The molecule has 1 rings (SSSR count). The highest BCUT2D eigenvalue weighted by Gasteiger charge is 2.32. The highest BCUT2D eigenvalue weighted by Crippen LogP contribution is 2.30. The van der Waals surface area contributed by atoms with Crippen molar-refractivity contribution in [2.75, 3.05) is 5.88 Å². The normalized spacial score (nSPS) is 11.3. The van der Waals surface area contributed by atoms with E-state index in [1.807, 2.05) is 0 Å². The zero-order valence-corrected chi connectivity index (χ0v) is 10.6. The second-order valence-electron chi connectivity index (χ2n) is 2.72. The Morgan fingerprint density at radius 3 is 2.56 bits per heavy atom. The Kier molecular flexibility index (Phi) is 4.43. The van der Waals surface area contributed by atoms with Crippen LogP contribution < -0.4 is 4.74 Å². The molecule has 0 saturated carbocycles. The van der Waals surface area contributed by atoms with Crippen LogP contribution >= 0.6 is 34.2 Å². The molecular weight excluding hydrogens is 359 g/mol. The fourth-order valence-corrected chi connectivity index (χ4v) is 1.92. The molecule has 0 unspecified atom stereocenters. The van der Waals surface area contributed by atoms with Gasteiger partial charge < -0.3 is 4.74 Å². The predicted molar refractivity (Wildman–Crippen MR) is 60.9 cm³/mol. The number of hydrogen-bond donors (Lipinski definition) is 0. The van der Waals surface area contributed by atoms with Gasteiger partial charge in [-0.3, -0.25) is 4.79 Å². The number of alkyl halides is 4. The average Bonchev–Trinajstić information content (AvgIpc) is 2.18. The standard InChI is InChI=1S/C9H5ClF3IO2/c10-4-6(15)5-2-1-3-7(8(5)14)16-9(11,12)13/h1-3H,4H2. The zero-order valence-electron chi connectivity index (χ0n) is 7.65. The third-order valence-electron chi connectivity index (χ3n) is 1.61. The first kappa shape index (κ1) is 13.6. The second kappa shape index (κ2) is 5.22. The summed E-state index contributed by atoms with van der Waals surface area (Å²) in [5.74, 6) is -1.13. The van der Waals surface area contributed by atoms with E-state index in [9.17, 15) is 18.0 Å². The van der Waals surface area contributed by atoms with Gasteiger partial charge in [0.2, 0.25) is 0 Å². The third-order valence-corrected chi connectivity index (χ3v) is 2.97. The lowest BCUT2D eigenvalue weighted by Gasteiger charge is -2.12. The first-order valence-electron chi connectivity index (χ1n) is 3.98. The third kappa shape index (κ3) is 3.51. The summed E-state index contributed by atoms with van der Waals surface area (Å²) in [6, 6.07) is 3.85. The summed E-state index contributed by atoms with van der Waals surface area (Å²) in [7, 11) is 0. The number of benzene rings is 1. The number of rotatable bonds is 3. The topological polar surface area (TPSA) is 26.3 Å². The van der Waals surface area contributed by atoms with E-state index in [1.54, 1.807) is 22.6 Å². The first-order valence-corrected chi connectivity index (χ1v) is 5.60. The molecule has 0 spiro atoms. The van der Waals surface area contributed by atoms with Crippen LogP contribution in [0.1, 0.15) is 10.4 Å². The largest absolute Gasteiger partial charge is 0.573 e.